The standard InChI is InChI=1S/C34H31N3O3S/c38-32-23-41-34(37(32)28-15-17-29(18-16-28)40-22-25-9-3-1-4-10-25)30-13-7-8-14-31(30)36(33(34)39)24-35-20-19-27(21-35)26-11-5-2-6-12-26/h1-18,27H,19-24H2/t27-,34-/m1/s1. The number of ether oxygens (including phenoxy) is 1. The van der Waals surface area contributed by atoms with E-state index in [2.05, 4.69) is 29.2 Å². The van der Waals surface area contributed by atoms with Crippen LogP contribution in [0, 0.1) is 0 Å². The van der Waals surface area contributed by atoms with Gasteiger partial charge in [-0.1, -0.05) is 78.9 Å². The molecule has 3 aliphatic heterocycles. The zero-order chi connectivity index (χ0) is 27.8. The summed E-state index contributed by atoms with van der Waals surface area (Å²) in [5, 5.41) is 0. The van der Waals surface area contributed by atoms with Gasteiger partial charge < -0.3 is 4.74 Å². The van der Waals surface area contributed by atoms with Crippen LogP contribution in [0.15, 0.2) is 109 Å². The Morgan fingerprint density at radius 2 is 1.54 bits per heavy atom. The molecule has 0 aromatic heterocycles. The predicted molar refractivity (Wildman–Crippen MR) is 163 cm³/mol. The van der Waals surface area contributed by atoms with Gasteiger partial charge in [0.1, 0.15) is 12.4 Å². The minimum atomic E-state index is -1.11. The van der Waals surface area contributed by atoms with Gasteiger partial charge in [0.05, 0.1) is 18.1 Å². The van der Waals surface area contributed by atoms with Crippen LogP contribution in [-0.2, 0) is 21.1 Å². The van der Waals surface area contributed by atoms with Crippen molar-refractivity contribution in [1.82, 2.24) is 4.90 Å². The third-order valence-corrected chi connectivity index (χ3v) is 9.68. The van der Waals surface area contributed by atoms with Gasteiger partial charge in [-0.15, -0.1) is 11.8 Å². The van der Waals surface area contributed by atoms with Crippen molar-refractivity contribution in [2.75, 3.05) is 35.3 Å². The molecule has 2 atom stereocenters. The molecule has 1 spiro atoms. The highest BCUT2D eigenvalue weighted by molar-refractivity contribution is 8.02. The molecule has 0 aliphatic carbocycles. The second kappa shape index (κ2) is 10.7. The Morgan fingerprint density at radius 1 is 0.829 bits per heavy atom. The normalized spacial score (nSPS) is 22.1. The maximum atomic E-state index is 14.4. The molecule has 3 aliphatic rings. The highest BCUT2D eigenvalue weighted by Crippen LogP contribution is 2.55. The molecule has 3 heterocycles. The number of likely N-dealkylation sites (tertiary alicyclic amines) is 1. The van der Waals surface area contributed by atoms with Gasteiger partial charge >= 0.3 is 0 Å². The van der Waals surface area contributed by atoms with Crippen molar-refractivity contribution < 1.29 is 14.3 Å². The maximum Gasteiger partial charge on any atom is 0.269 e. The van der Waals surface area contributed by atoms with Gasteiger partial charge in [0, 0.05) is 24.3 Å². The van der Waals surface area contributed by atoms with Gasteiger partial charge in [-0.3, -0.25) is 24.3 Å². The lowest BCUT2D eigenvalue weighted by Crippen LogP contribution is -2.51. The first kappa shape index (κ1) is 25.9. The van der Waals surface area contributed by atoms with Crippen molar-refractivity contribution in [1.29, 1.82) is 0 Å². The fraction of sp³-hybridized carbons (Fsp3) is 0.235. The monoisotopic (exact) mass is 561 g/mol. The van der Waals surface area contributed by atoms with E-state index in [1.54, 1.807) is 4.90 Å². The number of amides is 2. The zero-order valence-electron chi connectivity index (χ0n) is 22.7. The molecular weight excluding hydrogens is 530 g/mol. The van der Waals surface area contributed by atoms with Crippen LogP contribution in [0.5, 0.6) is 5.75 Å². The lowest BCUT2D eigenvalue weighted by Gasteiger charge is -2.34. The summed E-state index contributed by atoms with van der Waals surface area (Å²) < 4.78 is 5.97. The first-order valence-corrected chi connectivity index (χ1v) is 15.0. The Hall–Kier alpha value is -4.07. The van der Waals surface area contributed by atoms with E-state index in [4.69, 9.17) is 4.74 Å². The van der Waals surface area contributed by atoms with Crippen LogP contribution in [0.1, 0.15) is 29.0 Å². The molecule has 7 rings (SSSR count). The summed E-state index contributed by atoms with van der Waals surface area (Å²) in [7, 11) is 0. The second-order valence-electron chi connectivity index (χ2n) is 10.8. The molecule has 206 valence electrons. The summed E-state index contributed by atoms with van der Waals surface area (Å²) in [5.74, 6) is 1.30. The minimum absolute atomic E-state index is 0.0536. The Balaban J connectivity index is 1.14. The first-order chi connectivity index (χ1) is 20.1. The third-order valence-electron chi connectivity index (χ3n) is 8.29. The van der Waals surface area contributed by atoms with Crippen LogP contribution >= 0.6 is 11.8 Å². The number of para-hydroxylation sites is 1. The number of thioether (sulfide) groups is 1. The molecule has 2 amide bonds. The van der Waals surface area contributed by atoms with E-state index in [0.29, 0.717) is 30.6 Å². The van der Waals surface area contributed by atoms with Gasteiger partial charge in [0.2, 0.25) is 10.8 Å². The second-order valence-corrected chi connectivity index (χ2v) is 12.0. The Morgan fingerprint density at radius 3 is 2.32 bits per heavy atom. The van der Waals surface area contributed by atoms with Crippen molar-refractivity contribution in [3.8, 4) is 5.75 Å². The number of hydrogen-bond donors (Lipinski definition) is 0. The summed E-state index contributed by atoms with van der Waals surface area (Å²) in [6, 6.07) is 36.1. The largest absolute Gasteiger partial charge is 0.489 e. The Labute approximate surface area is 244 Å². The highest BCUT2D eigenvalue weighted by atomic mass is 32.2. The van der Waals surface area contributed by atoms with Gasteiger partial charge in [0.15, 0.2) is 0 Å². The van der Waals surface area contributed by atoms with Crippen molar-refractivity contribution in [2.24, 2.45) is 0 Å². The smallest absolute Gasteiger partial charge is 0.269 e. The lowest BCUT2D eigenvalue weighted by molar-refractivity contribution is -0.123. The maximum absolute atomic E-state index is 14.4. The molecule has 2 saturated heterocycles. The molecule has 0 saturated carbocycles. The molecule has 4 aromatic rings. The van der Waals surface area contributed by atoms with E-state index in [1.165, 1.54) is 17.3 Å². The fourth-order valence-corrected chi connectivity index (χ4v) is 7.65. The quantitative estimate of drug-likeness (QED) is 0.277. The molecule has 6 nitrogen and oxygen atoms in total. The van der Waals surface area contributed by atoms with E-state index in [0.717, 1.165) is 36.3 Å². The van der Waals surface area contributed by atoms with Crippen LogP contribution in [-0.4, -0.2) is 42.2 Å². The van der Waals surface area contributed by atoms with Gasteiger partial charge in [-0.2, -0.15) is 0 Å². The third kappa shape index (κ3) is 4.59. The van der Waals surface area contributed by atoms with E-state index in [1.807, 2.05) is 89.8 Å². The molecule has 41 heavy (non-hydrogen) atoms. The number of rotatable bonds is 7. The van der Waals surface area contributed by atoms with Crippen LogP contribution in [0.4, 0.5) is 11.4 Å². The fourth-order valence-electron chi connectivity index (χ4n) is 6.29. The molecule has 0 radical (unpaired) electrons. The number of hydrogen-bond acceptors (Lipinski definition) is 5. The summed E-state index contributed by atoms with van der Waals surface area (Å²) in [4.78, 5) is 32.7. The average Bonchev–Trinajstić information content (AvgIpc) is 3.70. The van der Waals surface area contributed by atoms with Crippen LogP contribution in [0.2, 0.25) is 0 Å². The Kier molecular flexibility index (Phi) is 6.77. The molecular formula is C34H31N3O3S. The van der Waals surface area contributed by atoms with Gasteiger partial charge in [-0.25, -0.2) is 0 Å². The number of nitrogens with zero attached hydrogens (tertiary/aromatic N) is 3. The number of carbonyl (C=O) groups excluding carboxylic acids is 2. The topological polar surface area (TPSA) is 53.1 Å². The van der Waals surface area contributed by atoms with Crippen LogP contribution < -0.4 is 14.5 Å². The zero-order valence-corrected chi connectivity index (χ0v) is 23.5. The van der Waals surface area contributed by atoms with Crippen molar-refractivity contribution in [2.45, 2.75) is 23.8 Å². The van der Waals surface area contributed by atoms with E-state index < -0.39 is 4.87 Å². The van der Waals surface area contributed by atoms with Gasteiger partial charge in [0.25, 0.3) is 5.91 Å². The summed E-state index contributed by atoms with van der Waals surface area (Å²) in [6.07, 6.45) is 1.07. The molecule has 0 unspecified atom stereocenters. The number of anilines is 2. The molecule has 7 heteroatoms. The van der Waals surface area contributed by atoms with E-state index >= 15 is 0 Å². The molecule has 0 N–H and O–H groups in total. The van der Waals surface area contributed by atoms with Crippen LogP contribution in [0.25, 0.3) is 0 Å². The number of benzene rings is 4. The van der Waals surface area contributed by atoms with Crippen molar-refractivity contribution in [3.05, 3.63) is 126 Å². The van der Waals surface area contributed by atoms with E-state index in [-0.39, 0.29) is 17.6 Å². The van der Waals surface area contributed by atoms with Gasteiger partial charge in [-0.05, 0) is 53.8 Å². The Bertz CT molecular complexity index is 1560. The van der Waals surface area contributed by atoms with Crippen LogP contribution in [0.3, 0.4) is 0 Å². The highest BCUT2D eigenvalue weighted by Gasteiger charge is 2.61. The number of carbonyl (C=O) groups is 2. The summed E-state index contributed by atoms with van der Waals surface area (Å²) in [6.45, 7) is 2.81. The predicted octanol–water partition coefficient (Wildman–Crippen LogP) is 5.99. The minimum Gasteiger partial charge on any atom is -0.489 e. The lowest BCUT2D eigenvalue weighted by atomic mass is 9.99. The SMILES string of the molecule is O=C1CS[C@]2(C(=O)N(CN3CC[C@@H](c4ccccc4)C3)c3ccccc32)N1c1ccc(OCc2ccccc2)cc1. The summed E-state index contributed by atoms with van der Waals surface area (Å²) >= 11 is 1.42. The molecule has 0 bridgehead atoms. The van der Waals surface area contributed by atoms with E-state index in [9.17, 15) is 9.59 Å². The van der Waals surface area contributed by atoms with Crippen molar-refractivity contribution >= 4 is 35.0 Å². The number of fused-ring (bicyclic) bond motifs is 2. The average molecular weight is 562 g/mol. The summed E-state index contributed by atoms with van der Waals surface area (Å²) in [5.41, 5.74) is 4.89. The first-order valence-electron chi connectivity index (χ1n) is 14.1. The van der Waals surface area contributed by atoms with Crippen molar-refractivity contribution in [3.63, 3.8) is 0 Å². The molecule has 2 fully saturated rings. The molecule has 4 aromatic carbocycles.